The van der Waals surface area contributed by atoms with Crippen LogP contribution in [-0.4, -0.2) is 34.7 Å². The van der Waals surface area contributed by atoms with Crippen LogP contribution in [0.2, 0.25) is 0 Å². The van der Waals surface area contributed by atoms with E-state index < -0.39 is 0 Å². The molecule has 0 N–H and O–H groups in total. The lowest BCUT2D eigenvalue weighted by Gasteiger charge is -2.32. The Morgan fingerprint density at radius 3 is 1.37 bits per heavy atom. The number of benzene rings is 5. The standard InChI is InChI=1S/C33H26N2O3/c36-31-25-14-11-21-19-9-12-23-29-24(33(38)35(32(23)37)18-7-3-4-8-18)13-10-20(27(19)29)22-15-16-26(30(25)28(21)22)34(31)17-5-1-2-6-17/h9-18H,1-8H2. The van der Waals surface area contributed by atoms with E-state index in [9.17, 15) is 14.4 Å². The van der Waals surface area contributed by atoms with Crippen molar-refractivity contribution in [3.05, 3.63) is 65.2 Å². The molecule has 2 aliphatic carbocycles. The summed E-state index contributed by atoms with van der Waals surface area (Å²) in [4.78, 5) is 44.7. The summed E-state index contributed by atoms with van der Waals surface area (Å²) < 4.78 is 0. The molecule has 0 unspecified atom stereocenters. The van der Waals surface area contributed by atoms with Crippen molar-refractivity contribution in [3.63, 3.8) is 0 Å². The van der Waals surface area contributed by atoms with Crippen molar-refractivity contribution in [2.75, 3.05) is 4.90 Å². The van der Waals surface area contributed by atoms with Gasteiger partial charge in [0.15, 0.2) is 0 Å². The summed E-state index contributed by atoms with van der Waals surface area (Å²) in [6.07, 6.45) is 8.37. The summed E-state index contributed by atoms with van der Waals surface area (Å²) in [5.74, 6) is -0.194. The number of imide groups is 1. The Labute approximate surface area is 219 Å². The summed E-state index contributed by atoms with van der Waals surface area (Å²) in [5, 5.41) is 8.18. The first-order valence-corrected chi connectivity index (χ1v) is 14.0. The van der Waals surface area contributed by atoms with Crippen LogP contribution in [0.25, 0.3) is 43.1 Å². The number of anilines is 1. The van der Waals surface area contributed by atoms with Crippen molar-refractivity contribution in [2.24, 2.45) is 0 Å². The Kier molecular flexibility index (Phi) is 3.92. The summed E-state index contributed by atoms with van der Waals surface area (Å²) in [5.41, 5.74) is 3.09. The van der Waals surface area contributed by atoms with Gasteiger partial charge < -0.3 is 4.90 Å². The maximum absolute atomic E-state index is 13.7. The van der Waals surface area contributed by atoms with Gasteiger partial charge in [0, 0.05) is 44.9 Å². The van der Waals surface area contributed by atoms with Crippen molar-refractivity contribution < 1.29 is 14.4 Å². The minimum absolute atomic E-state index is 0.00117. The van der Waals surface area contributed by atoms with Crippen molar-refractivity contribution in [3.8, 4) is 0 Å². The zero-order valence-electron chi connectivity index (χ0n) is 21.0. The summed E-state index contributed by atoms with van der Waals surface area (Å²) >= 11 is 0. The molecule has 9 rings (SSSR count). The van der Waals surface area contributed by atoms with E-state index in [-0.39, 0.29) is 29.8 Å². The fourth-order valence-corrected chi connectivity index (χ4v) is 8.22. The van der Waals surface area contributed by atoms with E-state index in [4.69, 9.17) is 0 Å². The van der Waals surface area contributed by atoms with E-state index in [2.05, 4.69) is 35.2 Å². The van der Waals surface area contributed by atoms with E-state index in [1.54, 1.807) is 0 Å². The predicted molar refractivity (Wildman–Crippen MR) is 149 cm³/mol. The van der Waals surface area contributed by atoms with Crippen LogP contribution in [-0.2, 0) is 0 Å². The average Bonchev–Trinajstić information content (AvgIpc) is 3.70. The highest BCUT2D eigenvalue weighted by Crippen LogP contribution is 2.50. The first-order valence-electron chi connectivity index (χ1n) is 14.0. The van der Waals surface area contributed by atoms with Crippen molar-refractivity contribution >= 4 is 66.5 Å². The minimum atomic E-state index is -0.157. The van der Waals surface area contributed by atoms with Gasteiger partial charge in [0.25, 0.3) is 17.7 Å². The molecule has 186 valence electrons. The molecule has 0 aromatic heterocycles. The van der Waals surface area contributed by atoms with Gasteiger partial charge in [0.2, 0.25) is 0 Å². The van der Waals surface area contributed by atoms with Crippen LogP contribution < -0.4 is 4.90 Å². The van der Waals surface area contributed by atoms with Gasteiger partial charge >= 0.3 is 0 Å². The predicted octanol–water partition coefficient (Wildman–Crippen LogP) is 7.18. The third kappa shape index (κ3) is 2.37. The largest absolute Gasteiger partial charge is 0.305 e. The van der Waals surface area contributed by atoms with E-state index in [0.717, 1.165) is 92.9 Å². The van der Waals surface area contributed by atoms with Gasteiger partial charge in [-0.3, -0.25) is 19.3 Å². The molecule has 4 aliphatic rings. The smallest absolute Gasteiger partial charge is 0.261 e. The molecule has 0 bridgehead atoms. The Morgan fingerprint density at radius 2 is 0.842 bits per heavy atom. The summed E-state index contributed by atoms with van der Waals surface area (Å²) in [6, 6.07) is 16.6. The fraction of sp³-hybridized carbons (Fsp3) is 0.303. The van der Waals surface area contributed by atoms with E-state index >= 15 is 0 Å². The molecule has 2 heterocycles. The second-order valence-electron chi connectivity index (χ2n) is 11.6. The maximum Gasteiger partial charge on any atom is 0.261 e. The number of hydrogen-bond donors (Lipinski definition) is 0. The van der Waals surface area contributed by atoms with E-state index in [1.165, 1.54) is 17.7 Å². The number of rotatable bonds is 2. The molecule has 2 fully saturated rings. The highest BCUT2D eigenvalue weighted by molar-refractivity contribution is 6.41. The Hall–Kier alpha value is -3.99. The number of fused-ring (bicyclic) bond motifs is 2. The Bertz CT molecular complexity index is 1840. The van der Waals surface area contributed by atoms with Crippen LogP contribution in [0.4, 0.5) is 5.69 Å². The quantitative estimate of drug-likeness (QED) is 0.147. The van der Waals surface area contributed by atoms with Crippen molar-refractivity contribution in [1.82, 2.24) is 4.90 Å². The molecular formula is C33H26N2O3. The Morgan fingerprint density at radius 1 is 0.447 bits per heavy atom. The highest BCUT2D eigenvalue weighted by atomic mass is 16.2. The number of amides is 3. The zero-order valence-corrected chi connectivity index (χ0v) is 21.0. The van der Waals surface area contributed by atoms with Gasteiger partial charge in [-0.25, -0.2) is 0 Å². The van der Waals surface area contributed by atoms with Crippen molar-refractivity contribution in [2.45, 2.75) is 63.5 Å². The number of carbonyl (C=O) groups excluding carboxylic acids is 3. The Balaban J connectivity index is 1.36. The molecule has 5 nitrogen and oxygen atoms in total. The van der Waals surface area contributed by atoms with Gasteiger partial charge in [-0.1, -0.05) is 49.9 Å². The van der Waals surface area contributed by atoms with Crippen LogP contribution in [0.15, 0.2) is 48.5 Å². The number of carbonyl (C=O) groups is 3. The molecule has 0 radical (unpaired) electrons. The lowest BCUT2D eigenvalue weighted by Crippen LogP contribution is -2.46. The van der Waals surface area contributed by atoms with Crippen LogP contribution >= 0.6 is 0 Å². The van der Waals surface area contributed by atoms with Gasteiger partial charge in [0.1, 0.15) is 0 Å². The van der Waals surface area contributed by atoms with Gasteiger partial charge in [-0.05, 0) is 76.9 Å². The lowest BCUT2D eigenvalue weighted by atomic mass is 9.84. The van der Waals surface area contributed by atoms with Crippen LogP contribution in [0, 0.1) is 0 Å². The molecule has 2 aliphatic heterocycles. The maximum atomic E-state index is 13.7. The van der Waals surface area contributed by atoms with E-state index in [0.29, 0.717) is 11.1 Å². The fourth-order valence-electron chi connectivity index (χ4n) is 8.22. The third-order valence-corrected chi connectivity index (χ3v) is 9.87. The molecule has 0 spiro atoms. The molecule has 5 heteroatoms. The van der Waals surface area contributed by atoms with Crippen LogP contribution in [0.1, 0.15) is 82.4 Å². The zero-order chi connectivity index (χ0) is 25.3. The molecular weight excluding hydrogens is 472 g/mol. The first kappa shape index (κ1) is 21.0. The van der Waals surface area contributed by atoms with Gasteiger partial charge in [-0.2, -0.15) is 0 Å². The summed E-state index contributed by atoms with van der Waals surface area (Å²) in [6.45, 7) is 0. The first-order chi connectivity index (χ1) is 18.6. The molecule has 0 atom stereocenters. The van der Waals surface area contributed by atoms with Gasteiger partial charge in [-0.15, -0.1) is 0 Å². The molecule has 2 saturated carbocycles. The molecule has 5 aromatic carbocycles. The van der Waals surface area contributed by atoms with Crippen LogP contribution in [0.3, 0.4) is 0 Å². The normalized spacial score (nSPS) is 20.2. The molecule has 38 heavy (non-hydrogen) atoms. The van der Waals surface area contributed by atoms with Crippen molar-refractivity contribution in [1.29, 1.82) is 0 Å². The third-order valence-electron chi connectivity index (χ3n) is 9.87. The molecule has 0 saturated heterocycles. The van der Waals surface area contributed by atoms with Crippen LogP contribution in [0.5, 0.6) is 0 Å². The second-order valence-corrected chi connectivity index (χ2v) is 11.6. The van der Waals surface area contributed by atoms with Gasteiger partial charge in [0.05, 0.1) is 5.69 Å². The number of nitrogens with zero attached hydrogens (tertiary/aromatic N) is 2. The highest BCUT2D eigenvalue weighted by Gasteiger charge is 2.40. The average molecular weight is 499 g/mol. The SMILES string of the molecule is O=C1c2ccc3c4ccc5c6c(ccc(c7ccc(c2c37)C(=O)N1C1CCCC1)c64)N(C1CCCC1)C5=O. The molecule has 3 amide bonds. The monoisotopic (exact) mass is 498 g/mol. The summed E-state index contributed by atoms with van der Waals surface area (Å²) in [7, 11) is 0. The minimum Gasteiger partial charge on any atom is -0.305 e. The molecule has 5 aromatic rings. The van der Waals surface area contributed by atoms with E-state index in [1.807, 2.05) is 18.2 Å². The lowest BCUT2D eigenvalue weighted by molar-refractivity contribution is 0.0542. The topological polar surface area (TPSA) is 57.7 Å². The number of hydrogen-bond acceptors (Lipinski definition) is 3. The second kappa shape index (κ2) is 7.10.